The number of hydrogen-bond donors (Lipinski definition) is 3. The summed E-state index contributed by atoms with van der Waals surface area (Å²) < 4.78 is 32.0. The number of carbonyl (C=O) groups is 2. The number of ether oxygens (including phenoxy) is 2. The van der Waals surface area contributed by atoms with Crippen molar-refractivity contribution in [2.75, 3.05) is 11.3 Å². The molecule has 0 radical (unpaired) electrons. The third-order valence-corrected chi connectivity index (χ3v) is 3.07. The molecule has 0 fully saturated rings. The summed E-state index contributed by atoms with van der Waals surface area (Å²) in [7, 11) is 0. The Balaban J connectivity index is 2.44. The molecule has 1 aromatic carbocycles. The Labute approximate surface area is 143 Å². The highest BCUT2D eigenvalue weighted by molar-refractivity contribution is 7.80. The number of benzene rings is 1. The Morgan fingerprint density at radius 1 is 1.25 bits per heavy atom. The molecule has 1 rings (SSSR count). The smallest absolute Gasteiger partial charge is 0.408 e. The first kappa shape index (κ1) is 19.9. The number of amides is 1. The summed E-state index contributed by atoms with van der Waals surface area (Å²) in [5.41, 5.74) is -0.202. The number of hydrogen-bond acceptors (Lipinski definition) is 5. The van der Waals surface area contributed by atoms with Crippen molar-refractivity contribution in [3.8, 4) is 5.75 Å². The highest BCUT2D eigenvalue weighted by Gasteiger charge is 2.21. The van der Waals surface area contributed by atoms with Crippen LogP contribution in [0.25, 0.3) is 0 Å². The molecule has 0 saturated carbocycles. The van der Waals surface area contributed by atoms with Gasteiger partial charge in [-0.3, -0.25) is 14.1 Å². The Bertz CT molecular complexity index is 597. The van der Waals surface area contributed by atoms with Crippen molar-refractivity contribution in [1.82, 2.24) is 5.32 Å². The summed E-state index contributed by atoms with van der Waals surface area (Å²) in [4.78, 5) is 23.5. The first-order valence-corrected chi connectivity index (χ1v) is 8.30. The fourth-order valence-corrected chi connectivity index (χ4v) is 1.90. The Morgan fingerprint density at radius 2 is 1.83 bits per heavy atom. The van der Waals surface area contributed by atoms with Crippen LogP contribution in [0, 0.1) is 0 Å². The maximum Gasteiger partial charge on any atom is 0.408 e. The monoisotopic (exact) mass is 358 g/mol. The predicted molar refractivity (Wildman–Crippen MR) is 90.2 cm³/mol. The van der Waals surface area contributed by atoms with E-state index in [9.17, 15) is 13.8 Å². The van der Waals surface area contributed by atoms with Gasteiger partial charge in [0.05, 0.1) is 6.04 Å². The van der Waals surface area contributed by atoms with Gasteiger partial charge in [-0.1, -0.05) is 0 Å². The summed E-state index contributed by atoms with van der Waals surface area (Å²) in [6.45, 7) is 6.50. The van der Waals surface area contributed by atoms with E-state index >= 15 is 0 Å². The van der Waals surface area contributed by atoms with Crippen LogP contribution in [0.5, 0.6) is 5.75 Å². The molecule has 3 N–H and O–H groups in total. The molecule has 2 atom stereocenters. The van der Waals surface area contributed by atoms with Crippen LogP contribution in [0.15, 0.2) is 24.3 Å². The molecule has 0 bridgehead atoms. The lowest BCUT2D eigenvalue weighted by molar-refractivity contribution is -0.122. The highest BCUT2D eigenvalue weighted by Crippen LogP contribution is 2.16. The average Bonchev–Trinajstić information content (AvgIpc) is 2.43. The topological polar surface area (TPSA) is 114 Å². The second-order valence-electron chi connectivity index (χ2n) is 6.00. The molecule has 134 valence electrons. The minimum absolute atomic E-state index is 0.227. The van der Waals surface area contributed by atoms with Gasteiger partial charge in [-0.05, 0) is 52.0 Å². The van der Waals surface area contributed by atoms with Gasteiger partial charge in [0.1, 0.15) is 18.0 Å². The molecule has 0 aliphatic heterocycles. The summed E-state index contributed by atoms with van der Waals surface area (Å²) in [5, 5.41) is 2.44. The van der Waals surface area contributed by atoms with Crippen LogP contribution in [0.3, 0.4) is 0 Å². The van der Waals surface area contributed by atoms with E-state index in [1.807, 2.05) is 0 Å². The van der Waals surface area contributed by atoms with Crippen LogP contribution in [-0.4, -0.2) is 38.9 Å². The summed E-state index contributed by atoms with van der Waals surface area (Å²) >= 11 is -2.15. The van der Waals surface area contributed by atoms with Crippen LogP contribution in [0.1, 0.15) is 27.7 Å². The summed E-state index contributed by atoms with van der Waals surface area (Å²) in [5.74, 6) is 0.0987. The Kier molecular flexibility index (Phi) is 7.18. The van der Waals surface area contributed by atoms with Crippen molar-refractivity contribution < 1.29 is 27.8 Å². The number of alkyl carbamates (subject to hydrolysis) is 1. The highest BCUT2D eigenvalue weighted by atomic mass is 32.2. The second-order valence-corrected chi connectivity index (χ2v) is 6.70. The van der Waals surface area contributed by atoms with E-state index in [2.05, 4.69) is 10.0 Å². The first-order chi connectivity index (χ1) is 11.1. The third kappa shape index (κ3) is 7.93. The number of rotatable bonds is 7. The van der Waals surface area contributed by atoms with E-state index in [1.165, 1.54) is 12.1 Å². The fraction of sp³-hybridized carbons (Fsp3) is 0.467. The van der Waals surface area contributed by atoms with E-state index in [0.29, 0.717) is 11.4 Å². The molecule has 0 heterocycles. The molecule has 0 aromatic heterocycles. The minimum Gasteiger partial charge on any atom is -0.486 e. The maximum absolute atomic E-state index is 11.9. The van der Waals surface area contributed by atoms with Gasteiger partial charge < -0.3 is 14.8 Å². The lowest BCUT2D eigenvalue weighted by atomic mass is 10.2. The van der Waals surface area contributed by atoms with Crippen molar-refractivity contribution in [3.63, 3.8) is 0 Å². The molecule has 0 spiro atoms. The first-order valence-electron chi connectivity index (χ1n) is 7.19. The Hall–Kier alpha value is -2.13. The number of anilines is 1. The van der Waals surface area contributed by atoms with Crippen molar-refractivity contribution >= 4 is 28.8 Å². The maximum atomic E-state index is 11.9. The zero-order valence-electron chi connectivity index (χ0n) is 14.0. The number of carbonyl (C=O) groups excluding carboxylic acids is 2. The quantitative estimate of drug-likeness (QED) is 0.643. The van der Waals surface area contributed by atoms with Gasteiger partial charge in [-0.15, -0.1) is 0 Å². The van der Waals surface area contributed by atoms with Gasteiger partial charge >= 0.3 is 6.09 Å². The van der Waals surface area contributed by atoms with Gasteiger partial charge in [0.25, 0.3) is 11.3 Å². The van der Waals surface area contributed by atoms with E-state index < -0.39 is 29.0 Å². The molecule has 1 aromatic rings. The molecular formula is C15H22N2O6S. The molecule has 1 amide bonds. The zero-order valence-corrected chi connectivity index (χ0v) is 14.8. The van der Waals surface area contributed by atoms with Gasteiger partial charge in [0.15, 0.2) is 5.78 Å². The van der Waals surface area contributed by atoms with Crippen LogP contribution < -0.4 is 14.8 Å². The fourth-order valence-electron chi connectivity index (χ4n) is 1.56. The zero-order chi connectivity index (χ0) is 18.3. The largest absolute Gasteiger partial charge is 0.486 e. The number of Topliss-reactive ketones (excluding diaryl/α,β-unsaturated/α-hetero) is 1. The molecule has 8 nitrogen and oxygen atoms in total. The van der Waals surface area contributed by atoms with Crippen LogP contribution in [0.2, 0.25) is 0 Å². The lowest BCUT2D eigenvalue weighted by Gasteiger charge is -2.21. The molecule has 24 heavy (non-hydrogen) atoms. The van der Waals surface area contributed by atoms with Gasteiger partial charge in [0, 0.05) is 5.69 Å². The standard InChI is InChI=1S/C15H22N2O6S/c1-10(16-14(19)23-15(2,3)4)13(18)9-22-12-7-5-11(6-8-12)17-24(20)21/h5-8,10,17H,9H2,1-4H3,(H,16,19)(H,20,21)/t10-/m1/s1. The number of ketones is 1. The molecule has 0 aliphatic carbocycles. The van der Waals surface area contributed by atoms with Gasteiger partial charge in [-0.2, -0.15) is 0 Å². The van der Waals surface area contributed by atoms with E-state index in [1.54, 1.807) is 39.8 Å². The third-order valence-electron chi connectivity index (χ3n) is 2.66. The van der Waals surface area contributed by atoms with Crippen molar-refractivity contribution in [2.45, 2.75) is 39.3 Å². The van der Waals surface area contributed by atoms with E-state index in [4.69, 9.17) is 14.0 Å². The summed E-state index contributed by atoms with van der Waals surface area (Å²) in [6, 6.07) is 5.42. The number of nitrogens with one attached hydrogen (secondary N) is 2. The van der Waals surface area contributed by atoms with Gasteiger partial charge in [0.2, 0.25) is 0 Å². The van der Waals surface area contributed by atoms with Crippen LogP contribution in [0.4, 0.5) is 10.5 Å². The van der Waals surface area contributed by atoms with Crippen molar-refractivity contribution in [1.29, 1.82) is 0 Å². The van der Waals surface area contributed by atoms with Gasteiger partial charge in [-0.25, -0.2) is 9.00 Å². The minimum atomic E-state index is -2.15. The molecule has 9 heteroatoms. The SMILES string of the molecule is C[C@@H](NC(=O)OC(C)(C)C)C(=O)COc1ccc(NS(=O)O)cc1. The van der Waals surface area contributed by atoms with Crippen molar-refractivity contribution in [3.05, 3.63) is 24.3 Å². The predicted octanol–water partition coefficient (Wildman–Crippen LogP) is 2.10. The van der Waals surface area contributed by atoms with Crippen LogP contribution in [-0.2, 0) is 20.8 Å². The van der Waals surface area contributed by atoms with Crippen molar-refractivity contribution in [2.24, 2.45) is 0 Å². The normalized spacial score (nSPS) is 13.5. The van der Waals surface area contributed by atoms with E-state index in [0.717, 1.165) is 0 Å². The molecule has 0 aliphatic rings. The Morgan fingerprint density at radius 3 is 2.33 bits per heavy atom. The molecule has 1 unspecified atom stereocenters. The lowest BCUT2D eigenvalue weighted by Crippen LogP contribution is -2.43. The average molecular weight is 358 g/mol. The van der Waals surface area contributed by atoms with E-state index in [-0.39, 0.29) is 12.4 Å². The van der Waals surface area contributed by atoms with Crippen LogP contribution >= 0.6 is 0 Å². The summed E-state index contributed by atoms with van der Waals surface area (Å²) in [6.07, 6.45) is -0.671. The molecule has 0 saturated heterocycles. The second kappa shape index (κ2) is 8.65. The molecular weight excluding hydrogens is 336 g/mol.